The fourth-order valence-corrected chi connectivity index (χ4v) is 4.72. The van der Waals surface area contributed by atoms with Crippen LogP contribution in [0.25, 0.3) is 0 Å². The molecule has 0 fully saturated rings. The molecule has 0 atom stereocenters. The van der Waals surface area contributed by atoms with Crippen molar-refractivity contribution in [2.45, 2.75) is 85.7 Å². The van der Waals surface area contributed by atoms with E-state index in [0.29, 0.717) is 23.2 Å². The number of carbonyl (C=O) groups is 1. The molecule has 2 heterocycles. The molecule has 0 saturated carbocycles. The number of carbonyl (C=O) groups excluding carboxylic acids is 1. The molecule has 1 aliphatic rings. The number of benzene rings is 2. The first kappa shape index (κ1) is 30.0. The Morgan fingerprint density at radius 3 is 1.95 bits per heavy atom. The van der Waals surface area contributed by atoms with Crippen LogP contribution >= 0.6 is 0 Å². The lowest BCUT2D eigenvalue weighted by atomic mass is 9.89. The number of aliphatic imine (C=N–C) groups is 1. The van der Waals surface area contributed by atoms with Crippen molar-refractivity contribution in [3.63, 3.8) is 0 Å². The summed E-state index contributed by atoms with van der Waals surface area (Å²) in [6.07, 6.45) is 0. The Kier molecular flexibility index (Phi) is 9.68. The summed E-state index contributed by atoms with van der Waals surface area (Å²) in [5.74, 6) is 1.06. The van der Waals surface area contributed by atoms with E-state index < -0.39 is 5.60 Å². The first-order valence-corrected chi connectivity index (χ1v) is 13.8. The third kappa shape index (κ3) is 6.74. The number of hydrogen-bond acceptors (Lipinski definition) is 5. The van der Waals surface area contributed by atoms with Crippen molar-refractivity contribution in [1.82, 2.24) is 4.98 Å². The van der Waals surface area contributed by atoms with Gasteiger partial charge < -0.3 is 15.2 Å². The fraction of sp³-hybridized carbons (Fsp3) is 0.424. The molecule has 1 aliphatic heterocycles. The van der Waals surface area contributed by atoms with Crippen LogP contribution in [0, 0.1) is 0 Å². The van der Waals surface area contributed by atoms with Crippen LogP contribution in [0.2, 0.25) is 0 Å². The van der Waals surface area contributed by atoms with Gasteiger partial charge in [-0.05, 0) is 67.3 Å². The minimum absolute atomic E-state index is 0.245. The van der Waals surface area contributed by atoms with Crippen LogP contribution < -0.4 is 5.32 Å². The minimum Gasteiger partial charge on any atom is -0.465 e. The van der Waals surface area contributed by atoms with Gasteiger partial charge in [-0.25, -0.2) is 9.98 Å². The van der Waals surface area contributed by atoms with E-state index in [2.05, 4.69) is 88.2 Å². The SMILES string of the molecule is CC(C)c1cccc2c1N=C(c1cccc(C(=O)Nc3c(C(C)C)cccc3C(C)C)n1)OC2(C)C.CCO. The topological polar surface area (TPSA) is 83.8 Å². The lowest BCUT2D eigenvalue weighted by Gasteiger charge is -2.33. The van der Waals surface area contributed by atoms with Crippen LogP contribution in [0.5, 0.6) is 0 Å². The molecular weight excluding hydrogens is 486 g/mol. The van der Waals surface area contributed by atoms with E-state index in [1.54, 1.807) is 13.0 Å². The average Bonchev–Trinajstić information content (AvgIpc) is 2.88. The molecule has 0 aliphatic carbocycles. The second-order valence-corrected chi connectivity index (χ2v) is 11.2. The van der Waals surface area contributed by atoms with Crippen molar-refractivity contribution >= 4 is 23.2 Å². The highest BCUT2D eigenvalue weighted by Gasteiger charge is 2.34. The summed E-state index contributed by atoms with van der Waals surface area (Å²) in [6.45, 7) is 18.9. The van der Waals surface area contributed by atoms with Crippen molar-refractivity contribution in [3.05, 3.63) is 88.2 Å². The van der Waals surface area contributed by atoms with Gasteiger partial charge in [0.15, 0.2) is 0 Å². The van der Waals surface area contributed by atoms with Gasteiger partial charge in [0, 0.05) is 17.9 Å². The lowest BCUT2D eigenvalue weighted by Crippen LogP contribution is -2.30. The predicted molar refractivity (Wildman–Crippen MR) is 160 cm³/mol. The molecule has 0 unspecified atom stereocenters. The molecule has 6 nitrogen and oxygen atoms in total. The molecule has 208 valence electrons. The van der Waals surface area contributed by atoms with Crippen LogP contribution in [0.15, 0.2) is 59.6 Å². The number of aromatic nitrogens is 1. The Balaban J connectivity index is 0.00000134. The van der Waals surface area contributed by atoms with Crippen LogP contribution in [-0.2, 0) is 10.3 Å². The van der Waals surface area contributed by atoms with E-state index in [9.17, 15) is 4.79 Å². The maximum absolute atomic E-state index is 13.4. The zero-order valence-corrected chi connectivity index (χ0v) is 24.8. The standard InChI is InChI=1S/C31H37N3O2.C2H6O/c1-18(2)21-12-9-13-22(19(3)4)27(21)33-29(35)25-16-11-17-26(32-25)30-34-28-23(20(5)6)14-10-15-24(28)31(7,8)36-30;1-2-3/h9-20H,1-8H3,(H,33,35);3H,2H2,1H3. The smallest absolute Gasteiger partial charge is 0.274 e. The maximum Gasteiger partial charge on any atom is 0.274 e. The van der Waals surface area contributed by atoms with Crippen molar-refractivity contribution < 1.29 is 14.6 Å². The molecule has 6 heteroatoms. The van der Waals surface area contributed by atoms with E-state index in [1.807, 2.05) is 26.0 Å². The molecule has 2 N–H and O–H groups in total. The summed E-state index contributed by atoms with van der Waals surface area (Å²) >= 11 is 0. The van der Waals surface area contributed by atoms with Crippen LogP contribution in [-0.4, -0.2) is 28.5 Å². The largest absolute Gasteiger partial charge is 0.465 e. The van der Waals surface area contributed by atoms with Crippen molar-refractivity contribution in [1.29, 1.82) is 0 Å². The van der Waals surface area contributed by atoms with Crippen LogP contribution in [0.3, 0.4) is 0 Å². The molecule has 39 heavy (non-hydrogen) atoms. The molecule has 0 saturated heterocycles. The number of ether oxygens (including phenoxy) is 1. The number of fused-ring (bicyclic) bond motifs is 1. The Hall–Kier alpha value is -3.51. The third-order valence-electron chi connectivity index (χ3n) is 6.72. The fourth-order valence-electron chi connectivity index (χ4n) is 4.72. The molecule has 4 rings (SSSR count). The van der Waals surface area contributed by atoms with Gasteiger partial charge in [0.1, 0.15) is 17.0 Å². The Bertz CT molecular complexity index is 1310. The van der Waals surface area contributed by atoms with Crippen LogP contribution in [0.1, 0.15) is 119 Å². The van der Waals surface area contributed by atoms with E-state index >= 15 is 0 Å². The summed E-state index contributed by atoms with van der Waals surface area (Å²) in [4.78, 5) is 23.0. The highest BCUT2D eigenvalue weighted by atomic mass is 16.5. The number of rotatable bonds is 6. The maximum atomic E-state index is 13.4. The highest BCUT2D eigenvalue weighted by Crippen LogP contribution is 2.42. The monoisotopic (exact) mass is 529 g/mol. The number of pyridine rings is 1. The molecule has 0 radical (unpaired) electrons. The third-order valence-corrected chi connectivity index (χ3v) is 6.72. The van der Waals surface area contributed by atoms with Crippen molar-refractivity contribution in [2.24, 2.45) is 4.99 Å². The number of anilines is 1. The second-order valence-electron chi connectivity index (χ2n) is 11.2. The van der Waals surface area contributed by atoms with Gasteiger partial charge in [0.2, 0.25) is 5.90 Å². The second kappa shape index (κ2) is 12.6. The highest BCUT2D eigenvalue weighted by molar-refractivity contribution is 6.05. The zero-order valence-electron chi connectivity index (χ0n) is 24.8. The van der Waals surface area contributed by atoms with Crippen molar-refractivity contribution in [2.75, 3.05) is 11.9 Å². The number of nitrogens with one attached hydrogen (secondary N) is 1. The molecule has 0 spiro atoms. The number of aliphatic hydroxyl groups is 1. The van der Waals surface area contributed by atoms with E-state index in [1.165, 1.54) is 5.56 Å². The quantitative estimate of drug-likeness (QED) is 0.338. The van der Waals surface area contributed by atoms with E-state index in [4.69, 9.17) is 14.8 Å². The van der Waals surface area contributed by atoms with Gasteiger partial charge in [-0.15, -0.1) is 0 Å². The van der Waals surface area contributed by atoms with Gasteiger partial charge in [-0.1, -0.05) is 84.0 Å². The first-order chi connectivity index (χ1) is 18.4. The van der Waals surface area contributed by atoms with E-state index in [-0.39, 0.29) is 24.3 Å². The van der Waals surface area contributed by atoms with Crippen LogP contribution in [0.4, 0.5) is 11.4 Å². The van der Waals surface area contributed by atoms with Gasteiger partial charge in [-0.3, -0.25) is 4.79 Å². The summed E-state index contributed by atoms with van der Waals surface area (Å²) in [5, 5.41) is 10.7. The van der Waals surface area contributed by atoms with Gasteiger partial charge in [-0.2, -0.15) is 0 Å². The number of aliphatic hydroxyl groups excluding tert-OH is 1. The number of hydrogen-bond donors (Lipinski definition) is 2. The summed E-state index contributed by atoms with van der Waals surface area (Å²) < 4.78 is 6.33. The van der Waals surface area contributed by atoms with Gasteiger partial charge in [0.05, 0.1) is 5.69 Å². The van der Waals surface area contributed by atoms with E-state index in [0.717, 1.165) is 28.1 Å². The summed E-state index contributed by atoms with van der Waals surface area (Å²) in [6, 6.07) is 17.9. The zero-order chi connectivity index (χ0) is 28.9. The number of amides is 1. The summed E-state index contributed by atoms with van der Waals surface area (Å²) in [5.41, 5.74) is 6.56. The van der Waals surface area contributed by atoms with Crippen molar-refractivity contribution in [3.8, 4) is 0 Å². The predicted octanol–water partition coefficient (Wildman–Crippen LogP) is 8.05. The number of para-hydroxylation sites is 2. The normalized spacial score (nSPS) is 13.8. The summed E-state index contributed by atoms with van der Waals surface area (Å²) in [7, 11) is 0. The Labute approximate surface area is 233 Å². The molecule has 3 aromatic rings. The average molecular weight is 530 g/mol. The Morgan fingerprint density at radius 2 is 1.38 bits per heavy atom. The molecule has 1 aromatic heterocycles. The lowest BCUT2D eigenvalue weighted by molar-refractivity contribution is 0.0907. The number of nitrogens with zero attached hydrogens (tertiary/aromatic N) is 2. The van der Waals surface area contributed by atoms with Gasteiger partial charge >= 0.3 is 0 Å². The molecule has 1 amide bonds. The Morgan fingerprint density at radius 1 is 0.872 bits per heavy atom. The van der Waals surface area contributed by atoms with Gasteiger partial charge in [0.25, 0.3) is 5.91 Å². The first-order valence-electron chi connectivity index (χ1n) is 13.8. The molecular formula is C33H43N3O3. The minimum atomic E-state index is -0.570. The molecule has 2 aromatic carbocycles. The molecule has 0 bridgehead atoms.